The molecule has 0 aliphatic rings. The monoisotopic (exact) mass is 606 g/mol. The van der Waals surface area contributed by atoms with Crippen LogP contribution in [0.25, 0.3) is 22.4 Å². The Balaban J connectivity index is 0.00000323. The molecule has 218 valence electrons. The van der Waals surface area contributed by atoms with E-state index in [2.05, 4.69) is 5.32 Å². The van der Waals surface area contributed by atoms with Gasteiger partial charge in [0.25, 0.3) is 5.91 Å². The van der Waals surface area contributed by atoms with E-state index in [1.165, 1.54) is 12.1 Å². The van der Waals surface area contributed by atoms with Gasteiger partial charge in [0.2, 0.25) is 0 Å². The number of carbonyl (C=O) groups is 2. The van der Waals surface area contributed by atoms with E-state index in [0.29, 0.717) is 28.1 Å². The van der Waals surface area contributed by atoms with Crippen LogP contribution in [0.5, 0.6) is 0 Å². The predicted octanol–water partition coefficient (Wildman–Crippen LogP) is 5.02. The summed E-state index contributed by atoms with van der Waals surface area (Å²) in [7, 11) is 0. The molecule has 0 spiro atoms. The molecule has 1 amide bonds. The van der Waals surface area contributed by atoms with Crippen molar-refractivity contribution in [2.24, 2.45) is 0 Å². The summed E-state index contributed by atoms with van der Waals surface area (Å²) in [6.45, 7) is 4.25. The molecule has 7 nitrogen and oxygen atoms in total. The van der Waals surface area contributed by atoms with Crippen molar-refractivity contribution >= 4 is 76.7 Å². The van der Waals surface area contributed by atoms with Crippen LogP contribution in [-0.2, 0) is 11.3 Å². The Kier molecular flexibility index (Phi) is 14.8. The molecule has 10 heteroatoms. The van der Waals surface area contributed by atoms with Crippen LogP contribution in [0.1, 0.15) is 55.1 Å². The number of aliphatic hydroxyl groups excluding tert-OH is 2. The fourth-order valence-electron chi connectivity index (χ4n) is 5.20. The summed E-state index contributed by atoms with van der Waals surface area (Å²) in [6.07, 6.45) is -2.51. The van der Waals surface area contributed by atoms with Crippen molar-refractivity contribution in [2.45, 2.75) is 57.8 Å². The minimum atomic E-state index is -1.18. The molecule has 0 saturated carbocycles. The molecule has 0 aliphatic carbocycles. The van der Waals surface area contributed by atoms with Crippen molar-refractivity contribution in [3.8, 4) is 22.4 Å². The Morgan fingerprint density at radius 3 is 1.98 bits per heavy atom. The number of halogens is 1. The van der Waals surface area contributed by atoms with Crippen LogP contribution in [0.2, 0.25) is 0 Å². The van der Waals surface area contributed by atoms with Crippen LogP contribution in [-0.4, -0.2) is 103 Å². The Morgan fingerprint density at radius 2 is 1.42 bits per heavy atom. The first-order valence-corrected chi connectivity index (χ1v) is 13.7. The molecular formula is C33H37FN2Na2O5. The molecule has 0 bridgehead atoms. The molecule has 1 heterocycles. The van der Waals surface area contributed by atoms with Crippen LogP contribution in [0.15, 0.2) is 84.9 Å². The standard InChI is InChI=1S/C33H35FN2O5.2Na.2H/c1-21(2)31-30(33(41)35-25-11-7-4-8-12-25)29(22-9-5-3-6-10-22)32(23-13-15-24(34)16-14-23)36(31)18-17-26(37)19-27(38)20-28(39)40;;;;/h3-16,21,26-27,37-38H,17-20H2,1-2H3,(H,35,41)(H,39,40);;;;/t26-,27-;;;;/m1..../s1. The van der Waals surface area contributed by atoms with E-state index in [0.717, 1.165) is 11.3 Å². The van der Waals surface area contributed by atoms with Gasteiger partial charge in [-0.15, -0.1) is 0 Å². The molecule has 0 aliphatic heterocycles. The summed E-state index contributed by atoms with van der Waals surface area (Å²) >= 11 is 0. The fraction of sp³-hybridized carbons (Fsp3) is 0.273. The van der Waals surface area contributed by atoms with Gasteiger partial charge in [-0.2, -0.15) is 0 Å². The molecule has 4 aromatic rings. The van der Waals surface area contributed by atoms with Crippen LogP contribution in [0.4, 0.5) is 10.1 Å². The number of nitrogens with zero attached hydrogens (tertiary/aromatic N) is 1. The Bertz CT molecular complexity index is 1480. The van der Waals surface area contributed by atoms with Crippen molar-refractivity contribution < 1.29 is 29.3 Å². The predicted molar refractivity (Wildman–Crippen MR) is 172 cm³/mol. The number of aliphatic hydroxyl groups is 2. The van der Waals surface area contributed by atoms with Gasteiger partial charge < -0.3 is 25.2 Å². The van der Waals surface area contributed by atoms with E-state index in [4.69, 9.17) is 5.11 Å². The molecule has 0 saturated heterocycles. The van der Waals surface area contributed by atoms with Crippen molar-refractivity contribution in [2.75, 3.05) is 5.32 Å². The third kappa shape index (κ3) is 9.61. The number of aliphatic carboxylic acids is 1. The fourth-order valence-corrected chi connectivity index (χ4v) is 5.20. The number of amides is 1. The number of carboxylic acid groups (broad SMARTS) is 1. The number of benzene rings is 3. The molecule has 0 unspecified atom stereocenters. The van der Waals surface area contributed by atoms with Crippen LogP contribution < -0.4 is 5.32 Å². The van der Waals surface area contributed by atoms with E-state index >= 15 is 0 Å². The van der Waals surface area contributed by atoms with Gasteiger partial charge in [0.1, 0.15) is 5.82 Å². The summed E-state index contributed by atoms with van der Waals surface area (Å²) in [4.78, 5) is 25.0. The number of para-hydroxylation sites is 1. The maximum absolute atomic E-state index is 14.0. The second-order valence-electron chi connectivity index (χ2n) is 10.4. The quantitative estimate of drug-likeness (QED) is 0.169. The summed E-state index contributed by atoms with van der Waals surface area (Å²) in [5.41, 5.74) is 4.77. The number of hydrogen-bond acceptors (Lipinski definition) is 4. The molecule has 1 aromatic heterocycles. The summed E-state index contributed by atoms with van der Waals surface area (Å²) in [5.74, 6) is -1.93. The number of carboxylic acids is 1. The van der Waals surface area contributed by atoms with Crippen molar-refractivity contribution in [1.82, 2.24) is 4.57 Å². The Hall–Kier alpha value is -2.27. The number of carbonyl (C=O) groups excluding carboxylic acids is 1. The zero-order valence-corrected chi connectivity index (χ0v) is 23.1. The average molecular weight is 607 g/mol. The normalized spacial score (nSPS) is 12.1. The van der Waals surface area contributed by atoms with Crippen LogP contribution in [0.3, 0.4) is 0 Å². The second-order valence-corrected chi connectivity index (χ2v) is 10.4. The van der Waals surface area contributed by atoms with Gasteiger partial charge in [0.15, 0.2) is 0 Å². The second kappa shape index (κ2) is 17.3. The number of anilines is 1. The van der Waals surface area contributed by atoms with Crippen molar-refractivity contribution in [1.29, 1.82) is 0 Å². The van der Waals surface area contributed by atoms with E-state index in [-0.39, 0.29) is 96.1 Å². The minimum absolute atomic E-state index is 0. The molecule has 2 atom stereocenters. The SMILES string of the molecule is CC(C)c1c(C(=O)Nc2ccccc2)c(-c2ccccc2)c(-c2ccc(F)cc2)n1CC[C@@H](O)C[C@@H](O)CC(=O)O.[NaH].[NaH]. The summed E-state index contributed by atoms with van der Waals surface area (Å²) < 4.78 is 16.0. The van der Waals surface area contributed by atoms with Crippen molar-refractivity contribution in [3.63, 3.8) is 0 Å². The number of aromatic nitrogens is 1. The zero-order chi connectivity index (χ0) is 29.5. The summed E-state index contributed by atoms with van der Waals surface area (Å²) in [5, 5.41) is 32.8. The molecule has 4 N–H and O–H groups in total. The van der Waals surface area contributed by atoms with Gasteiger partial charge in [0.05, 0.1) is 29.9 Å². The molecule has 43 heavy (non-hydrogen) atoms. The summed E-state index contributed by atoms with van der Waals surface area (Å²) in [6, 6.07) is 24.8. The van der Waals surface area contributed by atoms with Crippen molar-refractivity contribution in [3.05, 3.63) is 102 Å². The molecular weight excluding hydrogens is 569 g/mol. The van der Waals surface area contributed by atoms with Gasteiger partial charge in [0, 0.05) is 23.5 Å². The average Bonchev–Trinajstić information content (AvgIpc) is 3.28. The zero-order valence-electron chi connectivity index (χ0n) is 23.1. The molecule has 0 radical (unpaired) electrons. The van der Waals surface area contributed by atoms with Gasteiger partial charge in [-0.1, -0.05) is 62.4 Å². The van der Waals surface area contributed by atoms with E-state index < -0.39 is 24.6 Å². The van der Waals surface area contributed by atoms with Gasteiger partial charge in [-0.05, 0) is 66.3 Å². The first-order valence-electron chi connectivity index (χ1n) is 13.7. The number of rotatable bonds is 12. The Morgan fingerprint density at radius 1 is 0.837 bits per heavy atom. The third-order valence-corrected chi connectivity index (χ3v) is 6.93. The molecule has 4 rings (SSSR count). The van der Waals surface area contributed by atoms with Crippen LogP contribution in [0, 0.1) is 5.82 Å². The topological polar surface area (TPSA) is 112 Å². The molecule has 3 aromatic carbocycles. The van der Waals surface area contributed by atoms with Gasteiger partial charge in [-0.25, -0.2) is 4.39 Å². The van der Waals surface area contributed by atoms with E-state index in [9.17, 15) is 24.2 Å². The van der Waals surface area contributed by atoms with Gasteiger partial charge >= 0.3 is 65.1 Å². The van der Waals surface area contributed by atoms with Crippen LogP contribution >= 0.6 is 0 Å². The first kappa shape index (κ1) is 36.9. The molecule has 0 fully saturated rings. The number of hydrogen-bond donors (Lipinski definition) is 4. The Labute approximate surface area is 295 Å². The van der Waals surface area contributed by atoms with E-state index in [1.807, 2.05) is 79.1 Å². The maximum atomic E-state index is 14.0. The van der Waals surface area contributed by atoms with E-state index in [1.54, 1.807) is 12.1 Å². The third-order valence-electron chi connectivity index (χ3n) is 6.93. The van der Waals surface area contributed by atoms with Gasteiger partial charge in [-0.3, -0.25) is 9.59 Å². The first-order chi connectivity index (χ1) is 19.7. The number of nitrogens with one attached hydrogen (secondary N) is 1.